The number of rotatable bonds is 3. The highest BCUT2D eigenvalue weighted by atomic mass is 16.5. The van der Waals surface area contributed by atoms with Crippen LogP contribution in [0.25, 0.3) is 11.0 Å². The van der Waals surface area contributed by atoms with E-state index in [-0.39, 0.29) is 11.9 Å². The zero-order valence-corrected chi connectivity index (χ0v) is 12.3. The van der Waals surface area contributed by atoms with Crippen molar-refractivity contribution in [3.05, 3.63) is 72.0 Å². The number of para-hydroxylation sites is 1. The number of esters is 1. The molecule has 0 unspecified atom stereocenters. The fourth-order valence-corrected chi connectivity index (χ4v) is 3.49. The highest BCUT2D eigenvalue weighted by molar-refractivity contribution is 5.96. The van der Waals surface area contributed by atoms with Gasteiger partial charge in [0.25, 0.3) is 0 Å². The van der Waals surface area contributed by atoms with Gasteiger partial charge in [0, 0.05) is 16.9 Å². The van der Waals surface area contributed by atoms with Crippen LogP contribution >= 0.6 is 0 Å². The molecule has 0 amide bonds. The van der Waals surface area contributed by atoms with Crippen molar-refractivity contribution >= 4 is 16.9 Å². The predicted octanol–water partition coefficient (Wildman–Crippen LogP) is 4.03. The molecule has 0 N–H and O–H groups in total. The molecule has 0 radical (unpaired) electrons. The van der Waals surface area contributed by atoms with Crippen LogP contribution in [0.2, 0.25) is 0 Å². The summed E-state index contributed by atoms with van der Waals surface area (Å²) >= 11 is 0. The SMILES string of the molecule is COC(=O)[C@@]1(c2coc3ccccc23)C[C@@H]1c1ccccc1. The fourth-order valence-electron chi connectivity index (χ4n) is 3.49. The van der Waals surface area contributed by atoms with E-state index in [4.69, 9.17) is 9.15 Å². The quantitative estimate of drug-likeness (QED) is 0.684. The Bertz CT molecular complexity index is 834. The lowest BCUT2D eigenvalue weighted by molar-refractivity contribution is -0.143. The second-order valence-corrected chi connectivity index (χ2v) is 5.78. The van der Waals surface area contributed by atoms with Gasteiger partial charge in [-0.25, -0.2) is 0 Å². The Morgan fingerprint density at radius 2 is 1.86 bits per heavy atom. The summed E-state index contributed by atoms with van der Waals surface area (Å²) in [5.74, 6) is -0.0462. The van der Waals surface area contributed by atoms with Gasteiger partial charge in [-0.15, -0.1) is 0 Å². The summed E-state index contributed by atoms with van der Waals surface area (Å²) in [6.07, 6.45) is 2.47. The third-order valence-electron chi connectivity index (χ3n) is 4.67. The Morgan fingerprint density at radius 3 is 2.64 bits per heavy atom. The molecule has 0 spiro atoms. The Hall–Kier alpha value is -2.55. The van der Waals surface area contributed by atoms with Gasteiger partial charge in [-0.1, -0.05) is 48.5 Å². The predicted molar refractivity (Wildman–Crippen MR) is 83.7 cm³/mol. The maximum atomic E-state index is 12.6. The zero-order chi connectivity index (χ0) is 15.2. The van der Waals surface area contributed by atoms with Crippen LogP contribution in [0, 0.1) is 0 Å². The molecular formula is C19H16O3. The van der Waals surface area contributed by atoms with Crippen LogP contribution in [-0.4, -0.2) is 13.1 Å². The van der Waals surface area contributed by atoms with Crippen LogP contribution in [0.4, 0.5) is 0 Å². The first-order valence-electron chi connectivity index (χ1n) is 7.37. The zero-order valence-electron chi connectivity index (χ0n) is 12.3. The third-order valence-corrected chi connectivity index (χ3v) is 4.67. The number of carbonyl (C=O) groups is 1. The van der Waals surface area contributed by atoms with Crippen LogP contribution in [0.1, 0.15) is 23.5 Å². The highest BCUT2D eigenvalue weighted by Gasteiger charge is 2.63. The van der Waals surface area contributed by atoms with Gasteiger partial charge in [-0.3, -0.25) is 4.79 Å². The molecule has 3 heteroatoms. The standard InChI is InChI=1S/C19H16O3/c1-21-18(20)19(11-15(19)13-7-3-2-4-8-13)16-12-22-17-10-6-5-9-14(16)17/h2-10,12,15H,11H2,1H3/t15-,19+/m1/s1. The van der Waals surface area contributed by atoms with E-state index in [1.54, 1.807) is 6.26 Å². The van der Waals surface area contributed by atoms with Crippen molar-refractivity contribution in [1.29, 1.82) is 0 Å². The Morgan fingerprint density at radius 1 is 1.14 bits per heavy atom. The number of benzene rings is 2. The molecule has 3 aromatic rings. The molecule has 1 aromatic heterocycles. The van der Waals surface area contributed by atoms with E-state index >= 15 is 0 Å². The molecule has 2 atom stereocenters. The lowest BCUT2D eigenvalue weighted by atomic mass is 9.90. The van der Waals surface area contributed by atoms with Crippen molar-refractivity contribution in [2.45, 2.75) is 17.8 Å². The number of methoxy groups -OCH3 is 1. The van der Waals surface area contributed by atoms with Gasteiger partial charge in [0.1, 0.15) is 11.0 Å². The second kappa shape index (κ2) is 4.73. The van der Waals surface area contributed by atoms with Gasteiger partial charge < -0.3 is 9.15 Å². The molecule has 1 aliphatic carbocycles. The van der Waals surface area contributed by atoms with Crippen molar-refractivity contribution < 1.29 is 13.9 Å². The molecule has 1 saturated carbocycles. The lowest BCUT2D eigenvalue weighted by Crippen LogP contribution is -2.23. The molecule has 1 heterocycles. The molecule has 1 aliphatic rings. The van der Waals surface area contributed by atoms with Gasteiger partial charge in [-0.2, -0.15) is 0 Å². The fraction of sp³-hybridized carbons (Fsp3) is 0.211. The van der Waals surface area contributed by atoms with E-state index in [0.29, 0.717) is 0 Å². The first kappa shape index (κ1) is 13.1. The summed E-state index contributed by atoms with van der Waals surface area (Å²) in [6.45, 7) is 0. The first-order chi connectivity index (χ1) is 10.8. The minimum absolute atomic E-state index is 0.141. The Balaban J connectivity index is 1.86. The molecule has 3 nitrogen and oxygen atoms in total. The lowest BCUT2D eigenvalue weighted by Gasteiger charge is -2.14. The average Bonchev–Trinajstić information content (AvgIpc) is 3.19. The minimum Gasteiger partial charge on any atom is -0.468 e. The van der Waals surface area contributed by atoms with E-state index in [1.807, 2.05) is 42.5 Å². The van der Waals surface area contributed by atoms with Gasteiger partial charge in [-0.05, 0) is 18.1 Å². The monoisotopic (exact) mass is 292 g/mol. The molecule has 2 aromatic carbocycles. The van der Waals surface area contributed by atoms with Crippen molar-refractivity contribution in [3.63, 3.8) is 0 Å². The van der Waals surface area contributed by atoms with E-state index in [2.05, 4.69) is 12.1 Å². The molecule has 22 heavy (non-hydrogen) atoms. The highest BCUT2D eigenvalue weighted by Crippen LogP contribution is 2.62. The minimum atomic E-state index is -0.622. The molecule has 110 valence electrons. The van der Waals surface area contributed by atoms with Gasteiger partial charge in [0.05, 0.1) is 13.4 Å². The van der Waals surface area contributed by atoms with Crippen LogP contribution in [0.5, 0.6) is 0 Å². The molecule has 0 bridgehead atoms. The maximum absolute atomic E-state index is 12.6. The number of carbonyl (C=O) groups excluding carboxylic acids is 1. The van der Waals surface area contributed by atoms with Gasteiger partial charge in [0.2, 0.25) is 0 Å². The Labute approximate surface area is 128 Å². The average molecular weight is 292 g/mol. The summed E-state index contributed by atoms with van der Waals surface area (Å²) in [7, 11) is 1.45. The molecule has 4 rings (SSSR count). The van der Waals surface area contributed by atoms with Crippen molar-refractivity contribution in [2.75, 3.05) is 7.11 Å². The number of hydrogen-bond acceptors (Lipinski definition) is 3. The normalized spacial score (nSPS) is 23.4. The summed E-state index contributed by atoms with van der Waals surface area (Å²) in [5, 5.41) is 0.992. The molecule has 1 fully saturated rings. The second-order valence-electron chi connectivity index (χ2n) is 5.78. The van der Waals surface area contributed by atoms with Crippen LogP contribution in [0.15, 0.2) is 65.3 Å². The van der Waals surface area contributed by atoms with Crippen molar-refractivity contribution in [1.82, 2.24) is 0 Å². The summed E-state index contributed by atoms with van der Waals surface area (Å²) in [4.78, 5) is 12.6. The van der Waals surface area contributed by atoms with Crippen LogP contribution in [-0.2, 0) is 14.9 Å². The summed E-state index contributed by atoms with van der Waals surface area (Å²) in [5.41, 5.74) is 2.28. The summed E-state index contributed by atoms with van der Waals surface area (Å²) in [6, 6.07) is 17.9. The number of fused-ring (bicyclic) bond motifs is 1. The van der Waals surface area contributed by atoms with Crippen molar-refractivity contribution in [3.8, 4) is 0 Å². The topological polar surface area (TPSA) is 39.4 Å². The largest absolute Gasteiger partial charge is 0.468 e. The van der Waals surface area contributed by atoms with Crippen LogP contribution < -0.4 is 0 Å². The number of hydrogen-bond donors (Lipinski definition) is 0. The molecular weight excluding hydrogens is 276 g/mol. The molecule has 0 saturated heterocycles. The van der Waals surface area contributed by atoms with E-state index < -0.39 is 5.41 Å². The van der Waals surface area contributed by atoms with Crippen molar-refractivity contribution in [2.24, 2.45) is 0 Å². The van der Waals surface area contributed by atoms with Gasteiger partial charge >= 0.3 is 5.97 Å². The van der Waals surface area contributed by atoms with Crippen LogP contribution in [0.3, 0.4) is 0 Å². The van der Waals surface area contributed by atoms with E-state index in [0.717, 1.165) is 28.5 Å². The third kappa shape index (κ3) is 1.72. The van der Waals surface area contributed by atoms with Gasteiger partial charge in [0.15, 0.2) is 0 Å². The Kier molecular flexibility index (Phi) is 2.83. The first-order valence-corrected chi connectivity index (χ1v) is 7.37. The summed E-state index contributed by atoms with van der Waals surface area (Å²) < 4.78 is 10.8. The van der Waals surface area contributed by atoms with E-state index in [1.165, 1.54) is 7.11 Å². The molecule has 0 aliphatic heterocycles. The smallest absolute Gasteiger partial charge is 0.317 e. The number of ether oxygens (including phenoxy) is 1. The number of furan rings is 1. The maximum Gasteiger partial charge on any atom is 0.317 e. The van der Waals surface area contributed by atoms with E-state index in [9.17, 15) is 4.79 Å².